The van der Waals surface area contributed by atoms with E-state index in [-0.39, 0.29) is 12.5 Å². The van der Waals surface area contributed by atoms with E-state index in [0.29, 0.717) is 28.6 Å². The van der Waals surface area contributed by atoms with Gasteiger partial charge in [-0.15, -0.1) is 0 Å². The van der Waals surface area contributed by atoms with Gasteiger partial charge in [0.1, 0.15) is 18.1 Å². The Balaban J connectivity index is 1.55. The van der Waals surface area contributed by atoms with E-state index in [4.69, 9.17) is 21.1 Å². The maximum atomic E-state index is 12.9. The van der Waals surface area contributed by atoms with Crippen molar-refractivity contribution in [3.05, 3.63) is 101 Å². The number of hydrogen-bond donors (Lipinski definition) is 1. The second kappa shape index (κ2) is 9.75. The van der Waals surface area contributed by atoms with Gasteiger partial charge in [0.15, 0.2) is 0 Å². The second-order valence-corrected chi connectivity index (χ2v) is 7.90. The molecule has 162 valence electrons. The molecule has 1 amide bonds. The van der Waals surface area contributed by atoms with Crippen molar-refractivity contribution in [2.45, 2.75) is 20.5 Å². The van der Waals surface area contributed by atoms with Crippen LogP contribution in [-0.2, 0) is 6.61 Å². The van der Waals surface area contributed by atoms with Crippen molar-refractivity contribution in [2.24, 2.45) is 0 Å². The Morgan fingerprint density at radius 3 is 2.53 bits per heavy atom. The zero-order valence-corrected chi connectivity index (χ0v) is 18.8. The van der Waals surface area contributed by atoms with Crippen molar-refractivity contribution >= 4 is 34.0 Å². The van der Waals surface area contributed by atoms with E-state index in [1.807, 2.05) is 56.3 Å². The van der Waals surface area contributed by atoms with Gasteiger partial charge in [-0.3, -0.25) is 4.79 Å². The molecule has 0 spiro atoms. The first-order valence-corrected chi connectivity index (χ1v) is 10.9. The topological polar surface area (TPSA) is 47.6 Å². The van der Waals surface area contributed by atoms with Gasteiger partial charge in [-0.25, -0.2) is 0 Å². The number of halogens is 1. The highest BCUT2D eigenvalue weighted by molar-refractivity contribution is 6.31. The van der Waals surface area contributed by atoms with Crippen LogP contribution in [0.15, 0.2) is 78.9 Å². The van der Waals surface area contributed by atoms with Gasteiger partial charge < -0.3 is 14.8 Å². The number of hydrogen-bond acceptors (Lipinski definition) is 3. The van der Waals surface area contributed by atoms with Gasteiger partial charge in [0, 0.05) is 21.8 Å². The minimum absolute atomic E-state index is 0.217. The first-order chi connectivity index (χ1) is 15.5. The van der Waals surface area contributed by atoms with E-state index >= 15 is 0 Å². The van der Waals surface area contributed by atoms with E-state index in [2.05, 4.69) is 17.4 Å². The molecule has 4 aromatic carbocycles. The van der Waals surface area contributed by atoms with Crippen molar-refractivity contribution < 1.29 is 14.3 Å². The number of amides is 1. The Hall–Kier alpha value is -3.50. The summed E-state index contributed by atoms with van der Waals surface area (Å²) >= 11 is 6.08. The molecule has 0 aliphatic carbocycles. The Morgan fingerprint density at radius 1 is 0.906 bits per heavy atom. The standard InChI is InChI=1S/C27H24ClNO3/c1-3-31-26-13-10-21(27(30)29-25-16-23(28)11-8-18(25)2)14-22(26)17-32-24-12-9-19-6-4-5-7-20(19)15-24/h4-16H,3,17H2,1-2H3,(H,29,30). The Bertz CT molecular complexity index is 1270. The smallest absolute Gasteiger partial charge is 0.255 e. The normalized spacial score (nSPS) is 10.7. The van der Waals surface area contributed by atoms with E-state index in [9.17, 15) is 4.79 Å². The summed E-state index contributed by atoms with van der Waals surface area (Å²) in [7, 11) is 0. The van der Waals surface area contributed by atoms with Gasteiger partial charge in [0.05, 0.1) is 6.61 Å². The fourth-order valence-corrected chi connectivity index (χ4v) is 3.64. The maximum absolute atomic E-state index is 12.9. The zero-order chi connectivity index (χ0) is 22.5. The fourth-order valence-electron chi connectivity index (χ4n) is 3.47. The monoisotopic (exact) mass is 445 g/mol. The molecule has 4 aromatic rings. The van der Waals surface area contributed by atoms with Gasteiger partial charge in [-0.05, 0) is 72.6 Å². The highest BCUT2D eigenvalue weighted by Crippen LogP contribution is 2.26. The van der Waals surface area contributed by atoms with Crippen LogP contribution in [-0.4, -0.2) is 12.5 Å². The lowest BCUT2D eigenvalue weighted by Gasteiger charge is -2.14. The van der Waals surface area contributed by atoms with E-state index in [1.54, 1.807) is 24.3 Å². The highest BCUT2D eigenvalue weighted by Gasteiger charge is 2.13. The van der Waals surface area contributed by atoms with E-state index < -0.39 is 0 Å². The molecule has 4 rings (SSSR count). The number of rotatable bonds is 7. The van der Waals surface area contributed by atoms with Gasteiger partial charge in [0.2, 0.25) is 0 Å². The minimum Gasteiger partial charge on any atom is -0.493 e. The van der Waals surface area contributed by atoms with Crippen LogP contribution in [0.5, 0.6) is 11.5 Å². The summed E-state index contributed by atoms with van der Waals surface area (Å²) in [6.07, 6.45) is 0. The summed E-state index contributed by atoms with van der Waals surface area (Å²) in [6, 6.07) is 24.9. The molecular weight excluding hydrogens is 422 g/mol. The third-order valence-electron chi connectivity index (χ3n) is 5.19. The molecule has 0 bridgehead atoms. The lowest BCUT2D eigenvalue weighted by molar-refractivity contribution is 0.102. The quantitative estimate of drug-likeness (QED) is 0.332. The number of anilines is 1. The number of carbonyl (C=O) groups excluding carboxylic acids is 1. The Morgan fingerprint density at radius 2 is 1.72 bits per heavy atom. The van der Waals surface area contributed by atoms with Gasteiger partial charge >= 0.3 is 0 Å². The van der Waals surface area contributed by atoms with Crippen LogP contribution < -0.4 is 14.8 Å². The van der Waals surface area contributed by atoms with Crippen molar-refractivity contribution in [3.8, 4) is 11.5 Å². The molecule has 0 atom stereocenters. The summed E-state index contributed by atoms with van der Waals surface area (Å²) in [5.41, 5.74) is 2.94. The highest BCUT2D eigenvalue weighted by atomic mass is 35.5. The summed E-state index contributed by atoms with van der Waals surface area (Å²) in [5, 5.41) is 5.77. The maximum Gasteiger partial charge on any atom is 0.255 e. The van der Waals surface area contributed by atoms with Crippen LogP contribution in [0, 0.1) is 6.92 Å². The molecule has 0 saturated carbocycles. The fraction of sp³-hybridized carbons (Fsp3) is 0.148. The molecule has 1 N–H and O–H groups in total. The third kappa shape index (κ3) is 5.04. The summed E-state index contributed by atoms with van der Waals surface area (Å²) in [5.74, 6) is 1.24. The predicted octanol–water partition coefficient (Wildman–Crippen LogP) is 7.03. The van der Waals surface area contributed by atoms with Gasteiger partial charge in [0.25, 0.3) is 5.91 Å². The second-order valence-electron chi connectivity index (χ2n) is 7.47. The molecule has 5 heteroatoms. The first kappa shape index (κ1) is 21.7. The molecule has 0 heterocycles. The predicted molar refractivity (Wildman–Crippen MR) is 130 cm³/mol. The molecule has 0 unspecified atom stereocenters. The lowest BCUT2D eigenvalue weighted by Crippen LogP contribution is -2.14. The van der Waals surface area contributed by atoms with Crippen molar-refractivity contribution in [3.63, 3.8) is 0 Å². The van der Waals surface area contributed by atoms with Gasteiger partial charge in [-0.2, -0.15) is 0 Å². The minimum atomic E-state index is -0.217. The van der Waals surface area contributed by atoms with Crippen LogP contribution in [0.1, 0.15) is 28.4 Å². The molecule has 0 aliphatic rings. The average Bonchev–Trinajstić information content (AvgIpc) is 2.80. The Labute approximate surface area is 192 Å². The first-order valence-electron chi connectivity index (χ1n) is 10.5. The number of ether oxygens (including phenoxy) is 2. The average molecular weight is 446 g/mol. The third-order valence-corrected chi connectivity index (χ3v) is 5.42. The lowest BCUT2D eigenvalue weighted by atomic mass is 10.1. The largest absolute Gasteiger partial charge is 0.493 e. The SMILES string of the molecule is CCOc1ccc(C(=O)Nc2cc(Cl)ccc2C)cc1COc1ccc2ccccc2c1. The van der Waals surface area contributed by atoms with Crippen LogP contribution >= 0.6 is 11.6 Å². The van der Waals surface area contributed by atoms with Crippen LogP contribution in [0.2, 0.25) is 5.02 Å². The molecule has 4 nitrogen and oxygen atoms in total. The van der Waals surface area contributed by atoms with Gasteiger partial charge in [-0.1, -0.05) is 48.0 Å². The molecule has 32 heavy (non-hydrogen) atoms. The number of benzene rings is 4. The molecule has 0 saturated heterocycles. The molecule has 0 fully saturated rings. The number of nitrogens with one attached hydrogen (secondary N) is 1. The molecular formula is C27H24ClNO3. The number of fused-ring (bicyclic) bond motifs is 1. The van der Waals surface area contributed by atoms with Crippen molar-refractivity contribution in [1.82, 2.24) is 0 Å². The van der Waals surface area contributed by atoms with Crippen molar-refractivity contribution in [1.29, 1.82) is 0 Å². The molecule has 0 aliphatic heterocycles. The zero-order valence-electron chi connectivity index (χ0n) is 18.0. The summed E-state index contributed by atoms with van der Waals surface area (Å²) < 4.78 is 11.8. The number of aryl methyl sites for hydroxylation is 1. The molecule has 0 radical (unpaired) electrons. The van der Waals surface area contributed by atoms with Crippen molar-refractivity contribution in [2.75, 3.05) is 11.9 Å². The summed E-state index contributed by atoms with van der Waals surface area (Å²) in [4.78, 5) is 12.9. The Kier molecular flexibility index (Phi) is 6.62. The summed E-state index contributed by atoms with van der Waals surface area (Å²) in [6.45, 7) is 4.66. The van der Waals surface area contributed by atoms with E-state index in [1.165, 1.54) is 0 Å². The van der Waals surface area contributed by atoms with Crippen LogP contribution in [0.3, 0.4) is 0 Å². The van der Waals surface area contributed by atoms with Crippen LogP contribution in [0.25, 0.3) is 10.8 Å². The molecule has 0 aromatic heterocycles. The van der Waals surface area contributed by atoms with E-state index in [0.717, 1.165) is 27.6 Å². The number of carbonyl (C=O) groups is 1. The van der Waals surface area contributed by atoms with Crippen LogP contribution in [0.4, 0.5) is 5.69 Å².